The predicted molar refractivity (Wildman–Crippen MR) is 50.1 cm³/mol. The molecule has 0 aromatic heterocycles. The zero-order chi connectivity index (χ0) is 9.68. The number of nitrogens with zero attached hydrogens (tertiary/aromatic N) is 1. The Morgan fingerprint density at radius 3 is 2.92 bits per heavy atom. The van der Waals surface area contributed by atoms with Gasteiger partial charge >= 0.3 is 0 Å². The molecule has 0 amide bonds. The fraction of sp³-hybridized carbons (Fsp3) is 0.222. The molecule has 0 N–H and O–H groups in total. The molecule has 0 radical (unpaired) electrons. The van der Waals surface area contributed by atoms with E-state index in [-0.39, 0.29) is 12.4 Å². The second-order valence-corrected chi connectivity index (χ2v) is 2.89. The number of rotatable bonds is 3. The van der Waals surface area contributed by atoms with Gasteiger partial charge in [0.1, 0.15) is 17.6 Å². The molecule has 0 unspecified atom stereocenters. The fourth-order valence-corrected chi connectivity index (χ4v) is 1.34. The van der Waals surface area contributed by atoms with E-state index in [0.29, 0.717) is 16.6 Å². The van der Waals surface area contributed by atoms with Gasteiger partial charge < -0.3 is 4.74 Å². The van der Waals surface area contributed by atoms with Gasteiger partial charge in [0.05, 0.1) is 0 Å². The van der Waals surface area contributed by atoms with Crippen molar-refractivity contribution in [3.63, 3.8) is 0 Å². The van der Waals surface area contributed by atoms with Crippen LogP contribution in [0.3, 0.4) is 0 Å². The lowest BCUT2D eigenvalue weighted by Crippen LogP contribution is -1.97. The third-order valence-electron chi connectivity index (χ3n) is 1.46. The van der Waals surface area contributed by atoms with Gasteiger partial charge in [0, 0.05) is 10.9 Å². The molecule has 1 aromatic carbocycles. The third-order valence-corrected chi connectivity index (χ3v) is 2.06. The van der Waals surface area contributed by atoms with Crippen LogP contribution in [0.1, 0.15) is 5.56 Å². The molecule has 0 aliphatic carbocycles. The van der Waals surface area contributed by atoms with Crippen molar-refractivity contribution in [1.82, 2.24) is 0 Å². The summed E-state index contributed by atoms with van der Waals surface area (Å²) in [6.07, 6.45) is 0. The Kier molecular flexibility index (Phi) is 3.71. The van der Waals surface area contributed by atoms with Crippen molar-refractivity contribution < 1.29 is 9.13 Å². The van der Waals surface area contributed by atoms with Gasteiger partial charge in [-0.25, -0.2) is 4.39 Å². The molecule has 0 fully saturated rings. The van der Waals surface area contributed by atoms with E-state index in [0.717, 1.165) is 0 Å². The second-order valence-electron chi connectivity index (χ2n) is 2.33. The minimum Gasteiger partial charge on any atom is -0.478 e. The average Bonchev–Trinajstić information content (AvgIpc) is 2.16. The number of hydrogen-bond acceptors (Lipinski definition) is 2. The first-order valence-corrected chi connectivity index (χ1v) is 4.74. The van der Waals surface area contributed by atoms with Crippen LogP contribution in [-0.4, -0.2) is 6.61 Å². The summed E-state index contributed by atoms with van der Waals surface area (Å²) in [6, 6.07) is 6.05. The Hall–Kier alpha value is -1.08. The Morgan fingerprint density at radius 1 is 1.54 bits per heavy atom. The monoisotopic (exact) mass is 243 g/mol. The Morgan fingerprint density at radius 2 is 2.31 bits per heavy atom. The maximum Gasteiger partial charge on any atom is 0.174 e. The summed E-state index contributed by atoms with van der Waals surface area (Å²) in [5.74, 6) is 0.235. The van der Waals surface area contributed by atoms with Crippen molar-refractivity contribution in [2.24, 2.45) is 0 Å². The number of nitriles is 1. The van der Waals surface area contributed by atoms with Crippen LogP contribution in [0.2, 0.25) is 0 Å². The van der Waals surface area contributed by atoms with Gasteiger partial charge in [0.2, 0.25) is 0 Å². The Bertz CT molecular complexity index is 335. The average molecular weight is 244 g/mol. The molecule has 2 nitrogen and oxygen atoms in total. The normalized spacial score (nSPS) is 9.31. The van der Waals surface area contributed by atoms with Crippen molar-refractivity contribution in [2.45, 2.75) is 5.33 Å². The van der Waals surface area contributed by atoms with E-state index >= 15 is 0 Å². The van der Waals surface area contributed by atoms with E-state index in [9.17, 15) is 4.39 Å². The lowest BCUT2D eigenvalue weighted by atomic mass is 10.2. The first-order valence-electron chi connectivity index (χ1n) is 3.62. The number of ether oxygens (including phenoxy) is 1. The number of alkyl halides is 1. The Labute approximate surface area is 84.1 Å². The third kappa shape index (κ3) is 2.71. The highest BCUT2D eigenvalue weighted by Gasteiger charge is 2.03. The van der Waals surface area contributed by atoms with E-state index in [1.165, 1.54) is 18.2 Å². The summed E-state index contributed by atoms with van der Waals surface area (Å²) in [7, 11) is 0. The number of halogens is 2. The van der Waals surface area contributed by atoms with Crippen LogP contribution in [0.4, 0.5) is 4.39 Å². The van der Waals surface area contributed by atoms with Crippen molar-refractivity contribution in [3.05, 3.63) is 29.6 Å². The summed E-state index contributed by atoms with van der Waals surface area (Å²) in [4.78, 5) is 0. The summed E-state index contributed by atoms with van der Waals surface area (Å²) >= 11 is 3.20. The zero-order valence-electron chi connectivity index (χ0n) is 6.76. The molecule has 4 heteroatoms. The molecule has 0 saturated heterocycles. The van der Waals surface area contributed by atoms with Crippen LogP contribution >= 0.6 is 15.9 Å². The van der Waals surface area contributed by atoms with E-state index in [2.05, 4.69) is 15.9 Å². The highest BCUT2D eigenvalue weighted by molar-refractivity contribution is 9.08. The molecular formula is C9H7BrFNO. The van der Waals surface area contributed by atoms with Gasteiger partial charge in [0.15, 0.2) is 6.61 Å². The van der Waals surface area contributed by atoms with Gasteiger partial charge in [0.25, 0.3) is 0 Å². The van der Waals surface area contributed by atoms with Crippen LogP contribution in [0.5, 0.6) is 5.75 Å². The van der Waals surface area contributed by atoms with Crippen molar-refractivity contribution >= 4 is 15.9 Å². The second kappa shape index (κ2) is 4.83. The SMILES string of the molecule is N#CCOc1ccc(F)cc1CBr. The molecule has 13 heavy (non-hydrogen) atoms. The molecule has 0 heterocycles. The summed E-state index contributed by atoms with van der Waals surface area (Å²) in [6.45, 7) is -0.0222. The number of benzene rings is 1. The smallest absolute Gasteiger partial charge is 0.174 e. The molecule has 68 valence electrons. The van der Waals surface area contributed by atoms with E-state index in [1.54, 1.807) is 0 Å². The van der Waals surface area contributed by atoms with Gasteiger partial charge in [-0.15, -0.1) is 0 Å². The van der Waals surface area contributed by atoms with Crippen LogP contribution in [0.25, 0.3) is 0 Å². The molecule has 1 aromatic rings. The van der Waals surface area contributed by atoms with Crippen molar-refractivity contribution in [3.8, 4) is 11.8 Å². The molecule has 0 bridgehead atoms. The van der Waals surface area contributed by atoms with Crippen LogP contribution in [0.15, 0.2) is 18.2 Å². The quantitative estimate of drug-likeness (QED) is 0.765. The van der Waals surface area contributed by atoms with Crippen LogP contribution < -0.4 is 4.74 Å². The predicted octanol–water partition coefficient (Wildman–Crippen LogP) is 2.62. The van der Waals surface area contributed by atoms with Crippen LogP contribution in [-0.2, 0) is 5.33 Å². The first kappa shape index (κ1) is 10.0. The molecular weight excluding hydrogens is 237 g/mol. The molecule has 0 saturated carbocycles. The lowest BCUT2D eigenvalue weighted by Gasteiger charge is -2.06. The fourth-order valence-electron chi connectivity index (χ4n) is 0.903. The summed E-state index contributed by atoms with van der Waals surface area (Å²) < 4.78 is 17.8. The highest BCUT2D eigenvalue weighted by Crippen LogP contribution is 2.21. The molecule has 0 atom stereocenters. The summed E-state index contributed by atoms with van der Waals surface area (Å²) in [5, 5.41) is 8.79. The van der Waals surface area contributed by atoms with Gasteiger partial charge in [-0.05, 0) is 18.2 Å². The van der Waals surface area contributed by atoms with Gasteiger partial charge in [-0.2, -0.15) is 5.26 Å². The topological polar surface area (TPSA) is 33.0 Å². The zero-order valence-corrected chi connectivity index (χ0v) is 8.34. The minimum absolute atomic E-state index is 0.0222. The van der Waals surface area contributed by atoms with Gasteiger partial charge in [-0.3, -0.25) is 0 Å². The van der Waals surface area contributed by atoms with Crippen molar-refractivity contribution in [2.75, 3.05) is 6.61 Å². The number of hydrogen-bond donors (Lipinski definition) is 0. The maximum atomic E-state index is 12.7. The van der Waals surface area contributed by atoms with E-state index in [1.807, 2.05) is 6.07 Å². The Balaban J connectivity index is 2.87. The molecule has 1 rings (SSSR count). The molecule has 0 aliphatic rings. The van der Waals surface area contributed by atoms with Gasteiger partial charge in [-0.1, -0.05) is 15.9 Å². The van der Waals surface area contributed by atoms with Crippen LogP contribution in [0, 0.1) is 17.1 Å². The summed E-state index contributed by atoms with van der Waals surface area (Å²) in [5.41, 5.74) is 0.704. The first-order chi connectivity index (χ1) is 6.27. The minimum atomic E-state index is -0.307. The van der Waals surface area contributed by atoms with E-state index in [4.69, 9.17) is 10.00 Å². The molecule has 0 aliphatic heterocycles. The standard InChI is InChI=1S/C9H7BrFNO/c10-6-7-5-8(11)1-2-9(7)13-4-3-12/h1-2,5H,4,6H2. The lowest BCUT2D eigenvalue weighted by molar-refractivity contribution is 0.364. The largest absolute Gasteiger partial charge is 0.478 e. The van der Waals surface area contributed by atoms with Crippen molar-refractivity contribution in [1.29, 1.82) is 5.26 Å². The maximum absolute atomic E-state index is 12.7. The molecule has 0 spiro atoms. The highest BCUT2D eigenvalue weighted by atomic mass is 79.9. The van der Waals surface area contributed by atoms with E-state index < -0.39 is 0 Å².